The van der Waals surface area contributed by atoms with Crippen molar-refractivity contribution in [2.24, 2.45) is 11.8 Å². The zero-order chi connectivity index (χ0) is 21.3. The lowest BCUT2D eigenvalue weighted by Crippen LogP contribution is -2.30. The third-order valence-corrected chi connectivity index (χ3v) is 5.70. The van der Waals surface area contributed by atoms with E-state index in [1.54, 1.807) is 55.6 Å². The summed E-state index contributed by atoms with van der Waals surface area (Å²) in [6.45, 7) is 1.89. The van der Waals surface area contributed by atoms with Crippen molar-refractivity contribution in [1.29, 1.82) is 0 Å². The molecule has 2 amide bonds. The SMILES string of the molecule is COc1ccc(C(=O)COc2ccc(N3C(=O)C4CC=C(C)CC4C3=O)cc2)cc1. The Balaban J connectivity index is 1.40. The molecule has 1 fully saturated rings. The van der Waals surface area contributed by atoms with E-state index in [0.717, 1.165) is 5.57 Å². The first-order chi connectivity index (χ1) is 14.5. The van der Waals surface area contributed by atoms with Crippen LogP contribution in [0.25, 0.3) is 0 Å². The highest BCUT2D eigenvalue weighted by atomic mass is 16.5. The zero-order valence-corrected chi connectivity index (χ0v) is 17.0. The summed E-state index contributed by atoms with van der Waals surface area (Å²) in [6.07, 6.45) is 3.30. The van der Waals surface area contributed by atoms with Gasteiger partial charge in [-0.15, -0.1) is 0 Å². The number of nitrogens with zero attached hydrogens (tertiary/aromatic N) is 1. The number of rotatable bonds is 6. The molecule has 0 bridgehead atoms. The number of hydrogen-bond acceptors (Lipinski definition) is 5. The van der Waals surface area contributed by atoms with Gasteiger partial charge in [0.15, 0.2) is 12.4 Å². The fourth-order valence-corrected chi connectivity index (χ4v) is 3.99. The molecule has 0 N–H and O–H groups in total. The summed E-state index contributed by atoms with van der Waals surface area (Å²) in [5.41, 5.74) is 2.22. The smallest absolute Gasteiger partial charge is 0.238 e. The molecule has 2 unspecified atom stereocenters. The van der Waals surface area contributed by atoms with Gasteiger partial charge >= 0.3 is 0 Å². The molecule has 30 heavy (non-hydrogen) atoms. The van der Waals surface area contributed by atoms with E-state index < -0.39 is 0 Å². The van der Waals surface area contributed by atoms with Crippen molar-refractivity contribution in [1.82, 2.24) is 0 Å². The molecule has 0 spiro atoms. The third-order valence-electron chi connectivity index (χ3n) is 5.70. The molecule has 6 nitrogen and oxygen atoms in total. The maximum Gasteiger partial charge on any atom is 0.238 e. The van der Waals surface area contributed by atoms with Crippen molar-refractivity contribution in [3.05, 3.63) is 65.7 Å². The summed E-state index contributed by atoms with van der Waals surface area (Å²) in [4.78, 5) is 39.1. The number of carbonyl (C=O) groups excluding carboxylic acids is 3. The van der Waals surface area contributed by atoms with E-state index >= 15 is 0 Å². The van der Waals surface area contributed by atoms with E-state index in [4.69, 9.17) is 9.47 Å². The second-order valence-corrected chi connectivity index (χ2v) is 7.65. The summed E-state index contributed by atoms with van der Waals surface area (Å²) in [6, 6.07) is 13.5. The zero-order valence-electron chi connectivity index (χ0n) is 17.0. The van der Waals surface area contributed by atoms with E-state index in [0.29, 0.717) is 35.6 Å². The van der Waals surface area contributed by atoms with Crippen molar-refractivity contribution < 1.29 is 23.9 Å². The molecule has 4 rings (SSSR count). The van der Waals surface area contributed by atoms with E-state index in [-0.39, 0.29) is 36.0 Å². The molecule has 2 aliphatic rings. The van der Waals surface area contributed by atoms with Crippen LogP contribution in [0.1, 0.15) is 30.1 Å². The van der Waals surface area contributed by atoms with Gasteiger partial charge in [-0.1, -0.05) is 11.6 Å². The Bertz CT molecular complexity index is 1010. The fraction of sp³-hybridized carbons (Fsp3) is 0.292. The minimum atomic E-state index is -0.265. The highest BCUT2D eigenvalue weighted by Gasteiger charge is 2.48. The molecule has 0 aromatic heterocycles. The number of anilines is 1. The Kier molecular flexibility index (Phi) is 5.40. The number of amides is 2. The van der Waals surface area contributed by atoms with Crippen molar-refractivity contribution >= 4 is 23.3 Å². The number of Topliss-reactive ketones (excluding diaryl/α,β-unsaturated/α-hetero) is 1. The molecule has 1 heterocycles. The summed E-state index contributed by atoms with van der Waals surface area (Å²) in [5.74, 6) is 0.214. The molecule has 2 atom stereocenters. The number of methoxy groups -OCH3 is 1. The normalized spacial score (nSPS) is 20.6. The highest BCUT2D eigenvalue weighted by molar-refractivity contribution is 6.22. The Morgan fingerprint density at radius 3 is 2.27 bits per heavy atom. The molecule has 154 valence electrons. The molecule has 1 aliphatic carbocycles. The number of carbonyl (C=O) groups is 3. The molecule has 0 saturated carbocycles. The van der Waals surface area contributed by atoms with Crippen LogP contribution in [0, 0.1) is 11.8 Å². The number of fused-ring (bicyclic) bond motifs is 1. The monoisotopic (exact) mass is 405 g/mol. The van der Waals surface area contributed by atoms with Gasteiger partial charge in [0, 0.05) is 5.56 Å². The van der Waals surface area contributed by atoms with Crippen molar-refractivity contribution in [2.75, 3.05) is 18.6 Å². The minimum Gasteiger partial charge on any atom is -0.497 e. The van der Waals surface area contributed by atoms with Gasteiger partial charge in [0.2, 0.25) is 11.8 Å². The van der Waals surface area contributed by atoms with Gasteiger partial charge in [0.1, 0.15) is 11.5 Å². The maximum atomic E-state index is 12.8. The minimum absolute atomic E-state index is 0.109. The summed E-state index contributed by atoms with van der Waals surface area (Å²) in [7, 11) is 1.57. The Morgan fingerprint density at radius 2 is 1.60 bits per heavy atom. The molecular weight excluding hydrogens is 382 g/mol. The van der Waals surface area contributed by atoms with Gasteiger partial charge in [-0.25, -0.2) is 0 Å². The van der Waals surface area contributed by atoms with Crippen molar-refractivity contribution in [3.63, 3.8) is 0 Å². The van der Waals surface area contributed by atoms with Gasteiger partial charge in [-0.05, 0) is 68.3 Å². The molecule has 1 aliphatic heterocycles. The summed E-state index contributed by atoms with van der Waals surface area (Å²) < 4.78 is 10.7. The van der Waals surface area contributed by atoms with Crippen LogP contribution in [0.4, 0.5) is 5.69 Å². The topological polar surface area (TPSA) is 72.9 Å². The lowest BCUT2D eigenvalue weighted by molar-refractivity contribution is -0.122. The van der Waals surface area contributed by atoms with Gasteiger partial charge < -0.3 is 9.47 Å². The van der Waals surface area contributed by atoms with Gasteiger partial charge in [-0.2, -0.15) is 0 Å². The predicted molar refractivity (Wildman–Crippen MR) is 112 cm³/mol. The summed E-state index contributed by atoms with van der Waals surface area (Å²) in [5, 5.41) is 0. The highest BCUT2D eigenvalue weighted by Crippen LogP contribution is 2.39. The number of hydrogen-bond donors (Lipinski definition) is 0. The average molecular weight is 405 g/mol. The lowest BCUT2D eigenvalue weighted by atomic mass is 9.82. The first-order valence-electron chi connectivity index (χ1n) is 9.91. The van der Waals surface area contributed by atoms with Crippen LogP contribution in [-0.2, 0) is 9.59 Å². The molecule has 1 saturated heterocycles. The Morgan fingerprint density at radius 1 is 0.967 bits per heavy atom. The van der Waals surface area contributed by atoms with Crippen molar-refractivity contribution in [3.8, 4) is 11.5 Å². The number of benzene rings is 2. The number of ketones is 1. The van der Waals surface area contributed by atoms with Crippen LogP contribution in [0.3, 0.4) is 0 Å². The second-order valence-electron chi connectivity index (χ2n) is 7.65. The van der Waals surface area contributed by atoms with E-state index in [1.165, 1.54) is 4.90 Å². The Labute approximate surface area is 175 Å². The van der Waals surface area contributed by atoms with Gasteiger partial charge in [0.25, 0.3) is 0 Å². The number of allylic oxidation sites excluding steroid dienone is 2. The standard InChI is InChI=1S/C24H23NO5/c1-15-3-12-20-21(13-15)24(28)25(23(20)27)17-6-10-19(11-7-17)30-14-22(26)16-4-8-18(29-2)9-5-16/h3-11,20-21H,12-14H2,1-2H3. The van der Waals surface area contributed by atoms with E-state index in [2.05, 4.69) is 0 Å². The van der Waals surface area contributed by atoms with Crippen LogP contribution >= 0.6 is 0 Å². The number of ether oxygens (including phenoxy) is 2. The lowest BCUT2D eigenvalue weighted by Gasteiger charge is -2.18. The molecule has 6 heteroatoms. The van der Waals surface area contributed by atoms with Gasteiger partial charge in [0.05, 0.1) is 24.6 Å². The Hall–Kier alpha value is -3.41. The third kappa shape index (κ3) is 3.73. The van der Waals surface area contributed by atoms with Crippen LogP contribution in [0.5, 0.6) is 11.5 Å². The quantitative estimate of drug-likeness (QED) is 0.415. The van der Waals surface area contributed by atoms with Crippen LogP contribution in [-0.4, -0.2) is 31.3 Å². The molecule has 2 aromatic carbocycles. The largest absolute Gasteiger partial charge is 0.497 e. The van der Waals surface area contributed by atoms with Crippen molar-refractivity contribution in [2.45, 2.75) is 19.8 Å². The maximum absolute atomic E-state index is 12.8. The summed E-state index contributed by atoms with van der Waals surface area (Å²) >= 11 is 0. The second kappa shape index (κ2) is 8.14. The molecule has 2 aromatic rings. The van der Waals surface area contributed by atoms with Crippen LogP contribution in [0.15, 0.2) is 60.2 Å². The van der Waals surface area contributed by atoms with Crippen LogP contribution < -0.4 is 14.4 Å². The molecular formula is C24H23NO5. The van der Waals surface area contributed by atoms with Crippen LogP contribution in [0.2, 0.25) is 0 Å². The van der Waals surface area contributed by atoms with E-state index in [9.17, 15) is 14.4 Å². The number of imide groups is 1. The predicted octanol–water partition coefficient (Wildman–Crippen LogP) is 3.80. The van der Waals surface area contributed by atoms with E-state index in [1.807, 2.05) is 13.0 Å². The fourth-order valence-electron chi connectivity index (χ4n) is 3.99. The first kappa shape index (κ1) is 19.9. The molecule has 0 radical (unpaired) electrons. The first-order valence-corrected chi connectivity index (χ1v) is 9.91. The average Bonchev–Trinajstić information content (AvgIpc) is 3.02. The van der Waals surface area contributed by atoms with Gasteiger partial charge in [-0.3, -0.25) is 19.3 Å².